The number of fused-ring (bicyclic) bond motifs is 1. The number of amides is 1. The topological polar surface area (TPSA) is 52.3 Å². The van der Waals surface area contributed by atoms with Gasteiger partial charge in [-0.05, 0) is 91.6 Å². The minimum absolute atomic E-state index is 0.250. The zero-order valence-corrected chi connectivity index (χ0v) is 18.8. The van der Waals surface area contributed by atoms with Crippen LogP contribution in [0.3, 0.4) is 0 Å². The molecule has 2 N–H and O–H groups in total. The van der Waals surface area contributed by atoms with Crippen LogP contribution in [-0.2, 0) is 11.2 Å². The molecular formula is C26H35NO2. The summed E-state index contributed by atoms with van der Waals surface area (Å²) >= 11 is 0. The minimum atomic E-state index is 0.250. The number of hydrogen-bond donors (Lipinski definition) is 1. The predicted molar refractivity (Wildman–Crippen MR) is 125 cm³/mol. The van der Waals surface area contributed by atoms with Crippen LogP contribution in [0.5, 0.6) is 5.75 Å². The van der Waals surface area contributed by atoms with Crippen LogP contribution in [0.15, 0.2) is 43.0 Å². The summed E-state index contributed by atoms with van der Waals surface area (Å²) in [7, 11) is 0. The molecule has 3 heteroatoms. The molecule has 0 unspecified atom stereocenters. The molecule has 0 aromatic heterocycles. The number of carbonyl (C=O) groups is 1. The van der Waals surface area contributed by atoms with E-state index in [1.165, 1.54) is 39.0 Å². The Morgan fingerprint density at radius 2 is 1.79 bits per heavy atom. The van der Waals surface area contributed by atoms with E-state index in [4.69, 9.17) is 9.53 Å². The van der Waals surface area contributed by atoms with Gasteiger partial charge in [0, 0.05) is 0 Å². The number of aryl methyl sites for hydroxylation is 3. The lowest BCUT2D eigenvalue weighted by atomic mass is 10.1. The second-order valence-electron chi connectivity index (χ2n) is 7.13. The summed E-state index contributed by atoms with van der Waals surface area (Å²) in [5.74, 6) is 0.968. The Morgan fingerprint density at radius 1 is 1.14 bits per heavy atom. The van der Waals surface area contributed by atoms with Gasteiger partial charge in [0.1, 0.15) is 5.75 Å². The highest BCUT2D eigenvalue weighted by molar-refractivity contribution is 6.05. The number of hydrogen-bond acceptors (Lipinski definition) is 2. The molecule has 0 aliphatic heterocycles. The van der Waals surface area contributed by atoms with Crippen LogP contribution in [0.25, 0.3) is 11.1 Å². The first kappa shape index (κ1) is 24.2. The molecule has 0 bridgehead atoms. The lowest BCUT2D eigenvalue weighted by Gasteiger charge is -2.05. The van der Waals surface area contributed by atoms with Gasteiger partial charge in [-0.15, -0.1) is 0 Å². The number of benzene rings is 2. The summed E-state index contributed by atoms with van der Waals surface area (Å²) in [4.78, 5) is 8.58. The second-order valence-corrected chi connectivity index (χ2v) is 7.13. The third kappa shape index (κ3) is 6.94. The molecule has 1 aliphatic carbocycles. The molecule has 0 saturated heterocycles. The minimum Gasteiger partial charge on any atom is -0.494 e. The van der Waals surface area contributed by atoms with Crippen LogP contribution in [0.1, 0.15) is 67.5 Å². The summed E-state index contributed by atoms with van der Waals surface area (Å²) in [5.41, 5.74) is 14.8. The Kier molecular flexibility index (Phi) is 9.94. The van der Waals surface area contributed by atoms with E-state index in [0.29, 0.717) is 0 Å². The van der Waals surface area contributed by atoms with Crippen LogP contribution in [-0.4, -0.2) is 13.0 Å². The Labute approximate surface area is 176 Å². The summed E-state index contributed by atoms with van der Waals surface area (Å²) < 4.78 is 5.68. The molecule has 0 saturated carbocycles. The zero-order chi connectivity index (χ0) is 22.0. The fourth-order valence-corrected chi connectivity index (χ4v) is 3.02. The zero-order valence-electron chi connectivity index (χ0n) is 18.8. The third-order valence-corrected chi connectivity index (χ3v) is 4.81. The van der Waals surface area contributed by atoms with Gasteiger partial charge in [-0.1, -0.05) is 50.3 Å². The van der Waals surface area contributed by atoms with Gasteiger partial charge >= 0.3 is 0 Å². The summed E-state index contributed by atoms with van der Waals surface area (Å²) in [6.45, 7) is 17.5. The van der Waals surface area contributed by atoms with Gasteiger partial charge in [-0.25, -0.2) is 0 Å². The van der Waals surface area contributed by atoms with E-state index in [1.54, 1.807) is 0 Å². The van der Waals surface area contributed by atoms with Crippen molar-refractivity contribution in [2.45, 2.75) is 54.4 Å². The molecule has 0 atom stereocenters. The monoisotopic (exact) mass is 393 g/mol. The van der Waals surface area contributed by atoms with E-state index in [9.17, 15) is 0 Å². The van der Waals surface area contributed by atoms with Crippen molar-refractivity contribution in [3.8, 4) is 5.75 Å². The highest BCUT2D eigenvalue weighted by atomic mass is 16.5. The van der Waals surface area contributed by atoms with E-state index < -0.39 is 0 Å². The van der Waals surface area contributed by atoms with Crippen molar-refractivity contribution in [2.75, 3.05) is 6.61 Å². The molecule has 29 heavy (non-hydrogen) atoms. The third-order valence-electron chi connectivity index (χ3n) is 4.81. The van der Waals surface area contributed by atoms with E-state index >= 15 is 0 Å². The SMILES string of the molecule is C=C(C)c1cc(OCCC)cc2c1/C2=C\C.CCc1ccc(C)c(C)c1.NC=O. The van der Waals surface area contributed by atoms with Crippen LogP contribution >= 0.6 is 0 Å². The average molecular weight is 394 g/mol. The highest BCUT2D eigenvalue weighted by Crippen LogP contribution is 2.48. The maximum Gasteiger partial charge on any atom is 0.204 e. The molecule has 1 aliphatic rings. The number of allylic oxidation sites excluding steroid dienone is 2. The van der Waals surface area contributed by atoms with Crippen molar-refractivity contribution in [3.05, 3.63) is 76.4 Å². The number of rotatable bonds is 5. The van der Waals surface area contributed by atoms with Crippen molar-refractivity contribution >= 4 is 17.6 Å². The Bertz CT molecular complexity index is 879. The van der Waals surface area contributed by atoms with E-state index in [2.05, 4.69) is 83.3 Å². The largest absolute Gasteiger partial charge is 0.494 e. The normalized spacial score (nSPS) is 12.0. The Morgan fingerprint density at radius 3 is 2.28 bits per heavy atom. The summed E-state index contributed by atoms with van der Waals surface area (Å²) in [6, 6.07) is 10.9. The van der Waals surface area contributed by atoms with Gasteiger partial charge in [-0.2, -0.15) is 0 Å². The van der Waals surface area contributed by atoms with Crippen molar-refractivity contribution in [1.82, 2.24) is 0 Å². The molecule has 0 fully saturated rings. The van der Waals surface area contributed by atoms with Gasteiger partial charge in [0.25, 0.3) is 0 Å². The smallest absolute Gasteiger partial charge is 0.204 e. The van der Waals surface area contributed by atoms with Gasteiger partial charge < -0.3 is 10.5 Å². The molecule has 3 rings (SSSR count). The Balaban J connectivity index is 0.000000277. The first-order valence-corrected chi connectivity index (χ1v) is 10.2. The number of carbonyl (C=O) groups excluding carboxylic acids is 1. The average Bonchev–Trinajstić information content (AvgIpc) is 3.41. The van der Waals surface area contributed by atoms with Gasteiger partial charge in [0.15, 0.2) is 0 Å². The fraction of sp³-hybridized carbons (Fsp3) is 0.346. The standard InChI is InChI=1S/C15H18O.C10H14.CH3NO/c1-5-7-16-11-8-13(10(3)4)15-12(6-2)14(15)9-11;1-4-10-6-5-8(2)9(3)7-10;2-1-3/h6,8-9H,3,5,7H2,1-2,4H3;5-7H,4H2,1-3H3;1H,(H2,2,3)/b12-6-;;. The molecule has 2 aromatic carbocycles. The molecule has 2 aromatic rings. The molecule has 0 spiro atoms. The van der Waals surface area contributed by atoms with E-state index in [0.717, 1.165) is 30.8 Å². The van der Waals surface area contributed by atoms with Gasteiger partial charge in [0.05, 0.1) is 6.61 Å². The Hall–Kier alpha value is -2.81. The van der Waals surface area contributed by atoms with Gasteiger partial charge in [-0.3, -0.25) is 4.79 Å². The van der Waals surface area contributed by atoms with Crippen LogP contribution in [0.2, 0.25) is 0 Å². The molecule has 3 nitrogen and oxygen atoms in total. The van der Waals surface area contributed by atoms with Crippen LogP contribution in [0.4, 0.5) is 0 Å². The van der Waals surface area contributed by atoms with Crippen LogP contribution < -0.4 is 10.5 Å². The molecule has 0 heterocycles. The lowest BCUT2D eigenvalue weighted by molar-refractivity contribution is -0.106. The van der Waals surface area contributed by atoms with Crippen molar-refractivity contribution in [1.29, 1.82) is 0 Å². The summed E-state index contributed by atoms with van der Waals surface area (Å²) in [5, 5.41) is 0. The first-order chi connectivity index (χ1) is 13.8. The second kappa shape index (κ2) is 11.9. The quantitative estimate of drug-likeness (QED) is 0.522. The molecule has 1 amide bonds. The van der Waals surface area contributed by atoms with Crippen molar-refractivity contribution in [2.24, 2.45) is 5.73 Å². The molecule has 156 valence electrons. The van der Waals surface area contributed by atoms with Gasteiger partial charge in [0.2, 0.25) is 6.41 Å². The molecule has 0 radical (unpaired) electrons. The van der Waals surface area contributed by atoms with Crippen LogP contribution in [0, 0.1) is 13.8 Å². The number of ether oxygens (including phenoxy) is 1. The number of nitrogens with two attached hydrogens (primary N) is 1. The maximum absolute atomic E-state index is 8.58. The van der Waals surface area contributed by atoms with Crippen molar-refractivity contribution in [3.63, 3.8) is 0 Å². The number of primary amides is 1. The first-order valence-electron chi connectivity index (χ1n) is 10.2. The molecular weight excluding hydrogens is 358 g/mol. The lowest BCUT2D eigenvalue weighted by Crippen LogP contribution is -1.95. The fourth-order valence-electron chi connectivity index (χ4n) is 3.02. The summed E-state index contributed by atoms with van der Waals surface area (Å²) in [6.07, 6.45) is 4.58. The van der Waals surface area contributed by atoms with E-state index in [-0.39, 0.29) is 6.41 Å². The highest BCUT2D eigenvalue weighted by Gasteiger charge is 2.29. The van der Waals surface area contributed by atoms with Crippen molar-refractivity contribution < 1.29 is 9.53 Å². The van der Waals surface area contributed by atoms with E-state index in [1.807, 2.05) is 6.92 Å². The maximum atomic E-state index is 8.58. The predicted octanol–water partition coefficient (Wildman–Crippen LogP) is 6.24.